The first-order valence-corrected chi connectivity index (χ1v) is 6.09. The molecule has 0 radical (unpaired) electrons. The molecule has 2 atom stereocenters. The number of hydrogen-bond acceptors (Lipinski definition) is 3. The van der Waals surface area contributed by atoms with Crippen LogP contribution in [0.5, 0.6) is 0 Å². The summed E-state index contributed by atoms with van der Waals surface area (Å²) in [6.07, 6.45) is 5.17. The van der Waals surface area contributed by atoms with Gasteiger partial charge in [-0.3, -0.25) is 10.1 Å². The standard InChI is InChI=1S/C12H21N3O2/c1-4-6-15-8-13-7-10(15)11(12(16)17)14-9(3)5-2/h7-9,11,14H,4-6H2,1-3H3,(H,16,17). The van der Waals surface area contributed by atoms with Gasteiger partial charge in [0.25, 0.3) is 0 Å². The van der Waals surface area contributed by atoms with Gasteiger partial charge in [-0.15, -0.1) is 0 Å². The zero-order valence-electron chi connectivity index (χ0n) is 10.7. The number of hydrogen-bond donors (Lipinski definition) is 2. The molecule has 0 aromatic carbocycles. The molecule has 0 fully saturated rings. The Bertz CT molecular complexity index is 362. The molecule has 0 aliphatic rings. The number of aromatic nitrogens is 2. The molecule has 2 N–H and O–H groups in total. The molecular formula is C12H21N3O2. The molecule has 5 nitrogen and oxygen atoms in total. The van der Waals surface area contributed by atoms with Crippen LogP contribution in [0.15, 0.2) is 12.5 Å². The lowest BCUT2D eigenvalue weighted by molar-refractivity contribution is -0.140. The number of nitrogens with zero attached hydrogens (tertiary/aromatic N) is 2. The van der Waals surface area contributed by atoms with Crippen LogP contribution in [0.4, 0.5) is 0 Å². The van der Waals surface area contributed by atoms with Crippen molar-refractivity contribution in [2.75, 3.05) is 0 Å². The van der Waals surface area contributed by atoms with Crippen molar-refractivity contribution in [3.63, 3.8) is 0 Å². The van der Waals surface area contributed by atoms with Crippen molar-refractivity contribution in [3.05, 3.63) is 18.2 Å². The molecule has 5 heteroatoms. The monoisotopic (exact) mass is 239 g/mol. The number of imidazole rings is 1. The summed E-state index contributed by atoms with van der Waals surface area (Å²) in [7, 11) is 0. The Morgan fingerprint density at radius 1 is 1.59 bits per heavy atom. The van der Waals surface area contributed by atoms with Gasteiger partial charge in [-0.05, 0) is 19.8 Å². The lowest BCUT2D eigenvalue weighted by Gasteiger charge is -2.20. The quantitative estimate of drug-likeness (QED) is 0.761. The van der Waals surface area contributed by atoms with Gasteiger partial charge in [0.2, 0.25) is 0 Å². The van der Waals surface area contributed by atoms with E-state index in [-0.39, 0.29) is 6.04 Å². The Hall–Kier alpha value is -1.36. The van der Waals surface area contributed by atoms with E-state index in [1.54, 1.807) is 12.5 Å². The highest BCUT2D eigenvalue weighted by Gasteiger charge is 2.24. The molecule has 96 valence electrons. The molecule has 0 aliphatic heterocycles. The van der Waals surface area contributed by atoms with E-state index in [1.165, 1.54) is 0 Å². The number of aryl methyl sites for hydroxylation is 1. The van der Waals surface area contributed by atoms with Crippen LogP contribution in [0, 0.1) is 0 Å². The first-order valence-electron chi connectivity index (χ1n) is 6.09. The molecular weight excluding hydrogens is 218 g/mol. The van der Waals surface area contributed by atoms with Crippen LogP contribution in [-0.2, 0) is 11.3 Å². The average Bonchev–Trinajstić information content (AvgIpc) is 2.73. The maximum Gasteiger partial charge on any atom is 0.326 e. The van der Waals surface area contributed by atoms with E-state index in [0.717, 1.165) is 25.1 Å². The average molecular weight is 239 g/mol. The molecule has 0 aliphatic carbocycles. The van der Waals surface area contributed by atoms with Crippen LogP contribution in [-0.4, -0.2) is 26.7 Å². The van der Waals surface area contributed by atoms with Crippen LogP contribution in [0.25, 0.3) is 0 Å². The van der Waals surface area contributed by atoms with Gasteiger partial charge in [0, 0.05) is 12.6 Å². The highest BCUT2D eigenvalue weighted by Crippen LogP contribution is 2.15. The Balaban J connectivity index is 2.89. The number of carbonyl (C=O) groups is 1. The smallest absolute Gasteiger partial charge is 0.326 e. The topological polar surface area (TPSA) is 67.2 Å². The van der Waals surface area contributed by atoms with E-state index in [2.05, 4.69) is 17.2 Å². The van der Waals surface area contributed by atoms with Crippen LogP contribution in [0.3, 0.4) is 0 Å². The molecule has 1 rings (SSSR count). The van der Waals surface area contributed by atoms with E-state index >= 15 is 0 Å². The molecule has 2 unspecified atom stereocenters. The minimum atomic E-state index is -0.858. The predicted molar refractivity (Wildman–Crippen MR) is 65.8 cm³/mol. The zero-order valence-corrected chi connectivity index (χ0v) is 10.7. The summed E-state index contributed by atoms with van der Waals surface area (Å²) in [6, 6.07) is -0.514. The van der Waals surface area contributed by atoms with E-state index in [0.29, 0.717) is 0 Å². The van der Waals surface area contributed by atoms with Crippen LogP contribution >= 0.6 is 0 Å². The Morgan fingerprint density at radius 3 is 2.82 bits per heavy atom. The second-order valence-electron chi connectivity index (χ2n) is 4.26. The number of nitrogens with one attached hydrogen (secondary N) is 1. The van der Waals surface area contributed by atoms with Crippen molar-refractivity contribution >= 4 is 5.97 Å². The summed E-state index contributed by atoms with van der Waals surface area (Å²) in [5.74, 6) is -0.858. The van der Waals surface area contributed by atoms with Crippen molar-refractivity contribution in [1.29, 1.82) is 0 Å². The molecule has 0 saturated heterocycles. The van der Waals surface area contributed by atoms with Gasteiger partial charge in [-0.25, -0.2) is 4.98 Å². The van der Waals surface area contributed by atoms with E-state index < -0.39 is 12.0 Å². The number of carboxylic acid groups (broad SMARTS) is 1. The zero-order chi connectivity index (χ0) is 12.8. The molecule has 0 spiro atoms. The molecule has 0 saturated carbocycles. The van der Waals surface area contributed by atoms with E-state index in [1.807, 2.05) is 18.4 Å². The van der Waals surface area contributed by atoms with Crippen molar-refractivity contribution in [2.24, 2.45) is 0 Å². The second kappa shape index (κ2) is 6.39. The molecule has 1 aromatic heterocycles. The van der Waals surface area contributed by atoms with Gasteiger partial charge >= 0.3 is 5.97 Å². The van der Waals surface area contributed by atoms with Crippen molar-refractivity contribution < 1.29 is 9.90 Å². The molecule has 1 heterocycles. The highest BCUT2D eigenvalue weighted by molar-refractivity contribution is 5.74. The molecule has 17 heavy (non-hydrogen) atoms. The molecule has 0 bridgehead atoms. The van der Waals surface area contributed by atoms with Crippen molar-refractivity contribution in [2.45, 2.75) is 52.2 Å². The van der Waals surface area contributed by atoms with E-state index in [4.69, 9.17) is 0 Å². The summed E-state index contributed by atoms with van der Waals surface area (Å²) < 4.78 is 1.90. The van der Waals surface area contributed by atoms with Crippen LogP contribution in [0.2, 0.25) is 0 Å². The third kappa shape index (κ3) is 3.56. The fourth-order valence-corrected chi connectivity index (χ4v) is 1.68. The summed E-state index contributed by atoms with van der Waals surface area (Å²) in [6.45, 7) is 6.86. The summed E-state index contributed by atoms with van der Waals surface area (Å²) in [5.41, 5.74) is 0.722. The number of carboxylic acids is 1. The fourth-order valence-electron chi connectivity index (χ4n) is 1.68. The lowest BCUT2D eigenvalue weighted by Crippen LogP contribution is -2.36. The van der Waals surface area contributed by atoms with Gasteiger partial charge in [-0.2, -0.15) is 0 Å². The van der Waals surface area contributed by atoms with Crippen molar-refractivity contribution in [1.82, 2.24) is 14.9 Å². The first-order chi connectivity index (χ1) is 8.10. The third-order valence-electron chi connectivity index (χ3n) is 2.82. The maximum atomic E-state index is 11.3. The van der Waals surface area contributed by atoms with Crippen LogP contribution in [0.1, 0.15) is 45.3 Å². The largest absolute Gasteiger partial charge is 0.480 e. The normalized spacial score (nSPS) is 14.5. The van der Waals surface area contributed by atoms with Gasteiger partial charge in [-0.1, -0.05) is 13.8 Å². The second-order valence-corrected chi connectivity index (χ2v) is 4.26. The molecule has 0 amide bonds. The fraction of sp³-hybridized carbons (Fsp3) is 0.667. The van der Waals surface area contributed by atoms with Gasteiger partial charge in [0.15, 0.2) is 0 Å². The number of rotatable bonds is 7. The highest BCUT2D eigenvalue weighted by atomic mass is 16.4. The predicted octanol–water partition coefficient (Wildman–Crippen LogP) is 1.81. The Morgan fingerprint density at radius 2 is 2.29 bits per heavy atom. The lowest BCUT2D eigenvalue weighted by atomic mass is 10.1. The number of aliphatic carboxylic acids is 1. The molecule has 1 aromatic rings. The van der Waals surface area contributed by atoms with Crippen LogP contribution < -0.4 is 5.32 Å². The minimum absolute atomic E-state index is 0.168. The first kappa shape index (κ1) is 13.7. The van der Waals surface area contributed by atoms with Gasteiger partial charge in [0.1, 0.15) is 6.04 Å². The SMILES string of the molecule is CCCn1cncc1C(NC(C)CC)C(=O)O. The minimum Gasteiger partial charge on any atom is -0.480 e. The van der Waals surface area contributed by atoms with Crippen molar-refractivity contribution in [3.8, 4) is 0 Å². The third-order valence-corrected chi connectivity index (χ3v) is 2.82. The van der Waals surface area contributed by atoms with Gasteiger partial charge < -0.3 is 9.67 Å². The Labute approximate surface area is 102 Å². The Kier molecular flexibility index (Phi) is 5.15. The summed E-state index contributed by atoms with van der Waals surface area (Å²) >= 11 is 0. The van der Waals surface area contributed by atoms with Gasteiger partial charge in [0.05, 0.1) is 18.2 Å². The van der Waals surface area contributed by atoms with E-state index in [9.17, 15) is 9.90 Å². The summed E-state index contributed by atoms with van der Waals surface area (Å²) in [4.78, 5) is 15.3. The summed E-state index contributed by atoms with van der Waals surface area (Å²) in [5, 5.41) is 12.4. The maximum absolute atomic E-state index is 11.3.